The van der Waals surface area contributed by atoms with Crippen LogP contribution in [0, 0.1) is 5.41 Å². The second-order valence-corrected chi connectivity index (χ2v) is 9.08. The molecule has 24 heavy (non-hydrogen) atoms. The Kier molecular flexibility index (Phi) is 12.9. The molecule has 0 aromatic rings. The first-order chi connectivity index (χ1) is 10.8. The largest absolute Gasteiger partial charge is 0.370 e. The third-order valence-corrected chi connectivity index (χ3v) is 4.54. The third kappa shape index (κ3) is 19.0. The Hall–Kier alpha value is -1.07. The highest BCUT2D eigenvalue weighted by atomic mass is 31.1. The Balaban J connectivity index is 0. The SMILES string of the molecule is CCPCCC(C)(C)NC(C)CCC(C)(C)N=C(N)N.N=C(N)N. The Morgan fingerprint density at radius 3 is 2.04 bits per heavy atom. The normalized spacial score (nSPS) is 13.2. The summed E-state index contributed by atoms with van der Waals surface area (Å²) in [7, 11) is 1.09. The van der Waals surface area contributed by atoms with Gasteiger partial charge >= 0.3 is 0 Å². The van der Waals surface area contributed by atoms with Crippen LogP contribution in [0.15, 0.2) is 4.99 Å². The molecule has 2 unspecified atom stereocenters. The zero-order valence-corrected chi connectivity index (χ0v) is 17.4. The maximum absolute atomic E-state index is 6.06. The van der Waals surface area contributed by atoms with Crippen molar-refractivity contribution in [3.05, 3.63) is 0 Å². The van der Waals surface area contributed by atoms with Crippen LogP contribution in [0.4, 0.5) is 0 Å². The lowest BCUT2D eigenvalue weighted by atomic mass is 9.94. The van der Waals surface area contributed by atoms with Crippen LogP contribution in [-0.4, -0.2) is 41.4 Å². The van der Waals surface area contributed by atoms with Crippen molar-refractivity contribution in [2.45, 2.75) is 77.9 Å². The molecule has 0 aliphatic carbocycles. The molecule has 0 fully saturated rings. The van der Waals surface area contributed by atoms with Gasteiger partial charge in [-0.2, -0.15) is 0 Å². The lowest BCUT2D eigenvalue weighted by Gasteiger charge is -2.32. The van der Waals surface area contributed by atoms with E-state index >= 15 is 0 Å². The number of nitrogens with one attached hydrogen (secondary N) is 2. The number of hydrogen-bond donors (Lipinski definition) is 6. The zero-order valence-electron chi connectivity index (χ0n) is 16.4. The van der Waals surface area contributed by atoms with Gasteiger partial charge in [-0.15, -0.1) is 8.58 Å². The van der Waals surface area contributed by atoms with Crippen molar-refractivity contribution in [2.24, 2.45) is 27.9 Å². The van der Waals surface area contributed by atoms with E-state index in [1.165, 1.54) is 18.7 Å². The standard InChI is InChI=1S/C15H35N4P.CH5N3/c1-7-20-11-10-15(5,6)18-12(2)8-9-14(3,4)19-13(16)17;2-1(3)4/h12,18,20H,7-11H2,1-6H3,(H4,16,17,19);(H5,2,3,4). The van der Waals surface area contributed by atoms with Crippen LogP contribution in [0.5, 0.6) is 0 Å². The second-order valence-electron chi connectivity index (χ2n) is 7.38. The van der Waals surface area contributed by atoms with E-state index in [1.54, 1.807) is 0 Å². The molecular formula is C16H40N7P. The van der Waals surface area contributed by atoms with Gasteiger partial charge < -0.3 is 28.3 Å². The van der Waals surface area contributed by atoms with Gasteiger partial charge in [-0.25, -0.2) is 4.99 Å². The number of nitrogens with two attached hydrogens (primary N) is 4. The molecule has 0 rings (SSSR count). The molecule has 0 aliphatic heterocycles. The molecule has 0 aliphatic rings. The van der Waals surface area contributed by atoms with Crippen LogP contribution in [0.1, 0.15) is 60.8 Å². The summed E-state index contributed by atoms with van der Waals surface area (Å²) in [6.45, 7) is 13.2. The predicted octanol–water partition coefficient (Wildman–Crippen LogP) is 1.50. The molecule has 0 heterocycles. The molecule has 0 radical (unpaired) electrons. The molecule has 0 spiro atoms. The van der Waals surface area contributed by atoms with E-state index in [1.807, 2.05) is 0 Å². The molecule has 0 bridgehead atoms. The monoisotopic (exact) mass is 361 g/mol. The Morgan fingerprint density at radius 2 is 1.62 bits per heavy atom. The number of aliphatic imine (C=N–C) groups is 1. The minimum atomic E-state index is -0.333. The third-order valence-electron chi connectivity index (χ3n) is 3.43. The van der Waals surface area contributed by atoms with Crippen LogP contribution < -0.4 is 28.3 Å². The van der Waals surface area contributed by atoms with Crippen molar-refractivity contribution in [3.63, 3.8) is 0 Å². The van der Waals surface area contributed by atoms with E-state index < -0.39 is 0 Å². The quantitative estimate of drug-likeness (QED) is 0.151. The van der Waals surface area contributed by atoms with Crippen LogP contribution in [0.2, 0.25) is 0 Å². The molecule has 0 aromatic carbocycles. The van der Waals surface area contributed by atoms with Crippen LogP contribution in [0.25, 0.3) is 0 Å². The van der Waals surface area contributed by atoms with Crippen molar-refractivity contribution in [1.29, 1.82) is 5.41 Å². The molecule has 7 nitrogen and oxygen atoms in total. The summed E-state index contributed by atoms with van der Waals surface area (Å²) in [5.74, 6) is -0.156. The zero-order chi connectivity index (χ0) is 19.4. The topological polar surface area (TPSA) is 152 Å². The van der Waals surface area contributed by atoms with E-state index in [0.29, 0.717) is 6.04 Å². The lowest BCUT2D eigenvalue weighted by Crippen LogP contribution is -2.45. The summed E-state index contributed by atoms with van der Waals surface area (Å²) >= 11 is 0. The van der Waals surface area contributed by atoms with Crippen molar-refractivity contribution in [2.75, 3.05) is 12.3 Å². The highest BCUT2D eigenvalue weighted by Gasteiger charge is 2.22. The molecule has 10 N–H and O–H groups in total. The van der Waals surface area contributed by atoms with E-state index in [9.17, 15) is 0 Å². The fourth-order valence-electron chi connectivity index (χ4n) is 2.36. The van der Waals surface area contributed by atoms with Crippen molar-refractivity contribution >= 4 is 20.5 Å². The van der Waals surface area contributed by atoms with E-state index in [0.717, 1.165) is 21.4 Å². The van der Waals surface area contributed by atoms with Gasteiger partial charge in [0, 0.05) is 11.6 Å². The second kappa shape index (κ2) is 12.3. The van der Waals surface area contributed by atoms with Gasteiger partial charge in [0.1, 0.15) is 0 Å². The first kappa shape index (κ1) is 25.2. The molecule has 2 atom stereocenters. The number of hydrogen-bond acceptors (Lipinski definition) is 3. The van der Waals surface area contributed by atoms with Crippen molar-refractivity contribution in [3.8, 4) is 0 Å². The Morgan fingerprint density at radius 1 is 1.12 bits per heavy atom. The minimum absolute atomic E-state index is 0.177. The van der Waals surface area contributed by atoms with Crippen molar-refractivity contribution in [1.82, 2.24) is 5.32 Å². The Labute approximate surface area is 150 Å². The van der Waals surface area contributed by atoms with Gasteiger partial charge in [-0.1, -0.05) is 6.92 Å². The lowest BCUT2D eigenvalue weighted by molar-refractivity contribution is 0.308. The summed E-state index contributed by atoms with van der Waals surface area (Å²) in [5, 5.41) is 9.79. The molecular weight excluding hydrogens is 321 g/mol. The molecule has 8 heteroatoms. The first-order valence-electron chi connectivity index (χ1n) is 8.50. The van der Waals surface area contributed by atoms with E-state index in [4.69, 9.17) is 16.9 Å². The number of guanidine groups is 2. The maximum Gasteiger partial charge on any atom is 0.186 e. The fraction of sp³-hybridized carbons (Fsp3) is 0.875. The van der Waals surface area contributed by atoms with Crippen LogP contribution in [-0.2, 0) is 0 Å². The van der Waals surface area contributed by atoms with E-state index in [-0.39, 0.29) is 23.0 Å². The predicted molar refractivity (Wildman–Crippen MR) is 110 cm³/mol. The fourth-order valence-corrected chi connectivity index (χ4v) is 3.52. The molecule has 0 saturated carbocycles. The van der Waals surface area contributed by atoms with Crippen molar-refractivity contribution < 1.29 is 0 Å². The molecule has 0 aromatic heterocycles. The summed E-state index contributed by atoms with van der Waals surface area (Å²) in [5.41, 5.74) is 19.9. The van der Waals surface area contributed by atoms with Gasteiger partial charge in [0.05, 0.1) is 5.54 Å². The van der Waals surface area contributed by atoms with Gasteiger partial charge in [-0.3, -0.25) is 5.41 Å². The van der Waals surface area contributed by atoms with Crippen LogP contribution in [0.3, 0.4) is 0 Å². The van der Waals surface area contributed by atoms with Gasteiger partial charge in [0.2, 0.25) is 0 Å². The summed E-state index contributed by atoms with van der Waals surface area (Å²) in [4.78, 5) is 4.28. The Bertz CT molecular complexity index is 373. The van der Waals surface area contributed by atoms with Crippen LogP contribution >= 0.6 is 8.58 Å². The average molecular weight is 362 g/mol. The first-order valence-corrected chi connectivity index (χ1v) is 9.91. The smallest absolute Gasteiger partial charge is 0.186 e. The van der Waals surface area contributed by atoms with Gasteiger partial charge in [0.25, 0.3) is 0 Å². The molecule has 0 saturated heterocycles. The highest BCUT2D eigenvalue weighted by molar-refractivity contribution is 7.37. The minimum Gasteiger partial charge on any atom is -0.370 e. The summed E-state index contributed by atoms with van der Waals surface area (Å²) in [6.07, 6.45) is 5.91. The van der Waals surface area contributed by atoms with Gasteiger partial charge in [0.15, 0.2) is 11.9 Å². The number of rotatable bonds is 10. The number of nitrogens with zero attached hydrogens (tertiary/aromatic N) is 1. The van der Waals surface area contributed by atoms with Gasteiger partial charge in [-0.05, 0) is 66.2 Å². The summed E-state index contributed by atoms with van der Waals surface area (Å²) in [6, 6.07) is 0.475. The highest BCUT2D eigenvalue weighted by Crippen LogP contribution is 2.21. The average Bonchev–Trinajstić information content (AvgIpc) is 2.34. The molecule has 0 amide bonds. The maximum atomic E-state index is 6.06. The molecule has 144 valence electrons. The van der Waals surface area contributed by atoms with E-state index in [2.05, 4.69) is 63.3 Å². The summed E-state index contributed by atoms with van der Waals surface area (Å²) < 4.78 is 0.